The van der Waals surface area contributed by atoms with Crippen LogP contribution in [-0.4, -0.2) is 33.2 Å². The number of nitrogens with one attached hydrogen (secondary N) is 1. The van der Waals surface area contributed by atoms with Crippen molar-refractivity contribution in [2.45, 2.75) is 42.4 Å². The van der Waals surface area contributed by atoms with Crippen molar-refractivity contribution in [2.75, 3.05) is 21.3 Å². The van der Waals surface area contributed by atoms with Gasteiger partial charge in [0.05, 0.1) is 32.9 Å². The van der Waals surface area contributed by atoms with Gasteiger partial charge in [0.25, 0.3) is 0 Å². The number of amidine groups is 1. The van der Waals surface area contributed by atoms with Gasteiger partial charge in [-0.25, -0.2) is 0 Å². The number of hydrogen-bond donors (Lipinski definition) is 1. The Morgan fingerprint density at radius 2 is 1.64 bits per heavy atom. The zero-order valence-corrected chi connectivity index (χ0v) is 20.8. The van der Waals surface area contributed by atoms with Crippen LogP contribution >= 0.6 is 0 Å². The maximum Gasteiger partial charge on any atom is 0.170 e. The molecule has 3 aromatic rings. The van der Waals surface area contributed by atoms with E-state index >= 15 is 0 Å². The van der Waals surface area contributed by atoms with Crippen molar-refractivity contribution in [3.8, 4) is 23.0 Å². The van der Waals surface area contributed by atoms with Gasteiger partial charge in [-0.1, -0.05) is 42.5 Å². The molecule has 2 aliphatic heterocycles. The van der Waals surface area contributed by atoms with E-state index in [4.69, 9.17) is 23.9 Å². The molecule has 0 radical (unpaired) electrons. The van der Waals surface area contributed by atoms with E-state index in [1.54, 1.807) is 21.3 Å². The van der Waals surface area contributed by atoms with E-state index in [9.17, 15) is 0 Å². The Balaban J connectivity index is 1.53. The molecule has 3 aromatic carbocycles. The van der Waals surface area contributed by atoms with Crippen LogP contribution in [0.25, 0.3) is 0 Å². The largest absolute Gasteiger partial charge is 0.497 e. The van der Waals surface area contributed by atoms with Crippen molar-refractivity contribution >= 4 is 5.84 Å². The van der Waals surface area contributed by atoms with Crippen molar-refractivity contribution in [3.05, 3.63) is 83.4 Å². The molecular formula is C30H30N2O4. The van der Waals surface area contributed by atoms with E-state index in [-0.39, 0.29) is 12.0 Å². The minimum Gasteiger partial charge on any atom is -0.497 e. The van der Waals surface area contributed by atoms with Crippen molar-refractivity contribution in [3.63, 3.8) is 0 Å². The third-order valence-electron chi connectivity index (χ3n) is 8.50. The van der Waals surface area contributed by atoms with Gasteiger partial charge < -0.3 is 24.3 Å². The Bertz CT molecular complexity index is 1350. The first-order valence-electron chi connectivity index (χ1n) is 12.7. The number of rotatable bonds is 6. The summed E-state index contributed by atoms with van der Waals surface area (Å²) in [6.07, 6.45) is 3.23. The van der Waals surface area contributed by atoms with Crippen LogP contribution in [0.5, 0.6) is 23.0 Å². The summed E-state index contributed by atoms with van der Waals surface area (Å²) in [6.45, 7) is 0. The van der Waals surface area contributed by atoms with Crippen LogP contribution in [0.15, 0.2) is 71.7 Å². The van der Waals surface area contributed by atoms with E-state index < -0.39 is 11.1 Å². The van der Waals surface area contributed by atoms with Gasteiger partial charge in [-0.05, 0) is 42.5 Å². The van der Waals surface area contributed by atoms with Gasteiger partial charge in [0.15, 0.2) is 5.60 Å². The topological polar surface area (TPSA) is 61.3 Å². The molecule has 2 aliphatic carbocycles. The summed E-state index contributed by atoms with van der Waals surface area (Å²) in [7, 11) is 5.09. The summed E-state index contributed by atoms with van der Waals surface area (Å²) in [5.74, 6) is 4.75. The summed E-state index contributed by atoms with van der Waals surface area (Å²) in [5, 5.41) is 4.00. The first-order valence-corrected chi connectivity index (χ1v) is 12.7. The van der Waals surface area contributed by atoms with Crippen LogP contribution in [0, 0.1) is 5.92 Å². The van der Waals surface area contributed by atoms with Crippen LogP contribution < -0.4 is 24.3 Å². The normalized spacial score (nSPS) is 29.4. The Morgan fingerprint density at radius 3 is 2.31 bits per heavy atom. The first kappa shape index (κ1) is 21.6. The summed E-state index contributed by atoms with van der Waals surface area (Å²) in [6, 6.07) is 23.0. The monoisotopic (exact) mass is 482 g/mol. The Morgan fingerprint density at radius 1 is 0.889 bits per heavy atom. The molecule has 36 heavy (non-hydrogen) atoms. The second-order valence-corrected chi connectivity index (χ2v) is 10.2. The van der Waals surface area contributed by atoms with Crippen molar-refractivity contribution < 1.29 is 18.9 Å². The minimum absolute atomic E-state index is 0.00366. The second-order valence-electron chi connectivity index (χ2n) is 10.2. The summed E-state index contributed by atoms with van der Waals surface area (Å²) in [4.78, 5) is 5.36. The lowest BCUT2D eigenvalue weighted by Crippen LogP contribution is -2.58. The number of nitrogens with zero attached hydrogens (tertiary/aromatic N) is 1. The molecule has 0 bridgehead atoms. The SMILES string of the molecule is COc1ccc(C23Oc4cc(OC)cc(OC)c4[C@@]24NC(C2CC2)=NC4CC3c2ccccc2)cc1. The summed E-state index contributed by atoms with van der Waals surface area (Å²) >= 11 is 0. The molecule has 184 valence electrons. The molecule has 2 saturated carbocycles. The third kappa shape index (κ3) is 2.70. The van der Waals surface area contributed by atoms with Crippen molar-refractivity contribution in [2.24, 2.45) is 10.9 Å². The highest BCUT2D eigenvalue weighted by Crippen LogP contribution is 2.70. The maximum atomic E-state index is 7.25. The lowest BCUT2D eigenvalue weighted by molar-refractivity contribution is 0.0114. The molecule has 0 saturated heterocycles. The molecule has 4 atom stereocenters. The van der Waals surface area contributed by atoms with E-state index in [0.717, 1.165) is 40.6 Å². The van der Waals surface area contributed by atoms with Gasteiger partial charge in [-0.3, -0.25) is 4.99 Å². The fraction of sp³-hybridized carbons (Fsp3) is 0.367. The highest BCUT2D eigenvalue weighted by atomic mass is 16.5. The van der Waals surface area contributed by atoms with Crippen LogP contribution in [-0.2, 0) is 11.1 Å². The zero-order chi connectivity index (χ0) is 24.5. The lowest BCUT2D eigenvalue weighted by Gasteiger charge is -2.43. The van der Waals surface area contributed by atoms with Crippen LogP contribution in [0.1, 0.15) is 41.9 Å². The van der Waals surface area contributed by atoms with Crippen LogP contribution in [0.4, 0.5) is 0 Å². The molecule has 0 amide bonds. The second kappa shape index (κ2) is 7.66. The number of fused-ring (bicyclic) bond motifs is 1. The highest BCUT2D eigenvalue weighted by Gasteiger charge is 2.76. The van der Waals surface area contributed by atoms with Crippen molar-refractivity contribution in [1.82, 2.24) is 5.32 Å². The van der Waals surface area contributed by atoms with Gasteiger partial charge in [0, 0.05) is 24.0 Å². The molecule has 0 aromatic heterocycles. The Kier molecular flexibility index (Phi) is 4.60. The van der Waals surface area contributed by atoms with E-state index in [1.807, 2.05) is 24.3 Å². The number of hydrogen-bond acceptors (Lipinski definition) is 6. The predicted octanol–water partition coefficient (Wildman–Crippen LogP) is 5.16. The minimum atomic E-state index is -0.743. The van der Waals surface area contributed by atoms with E-state index in [2.05, 4.69) is 47.8 Å². The number of methoxy groups -OCH3 is 3. The standard InChI is InChI=1S/C30H30N2O4/c1-33-21-13-11-20(12-14-21)30-23(18-7-5-4-6-8-18)17-26-29(30,32-28(31-26)19-9-10-19)27-24(35-3)15-22(34-2)16-25(27)36-30/h4-8,11-16,19,23,26H,9-10,17H2,1-3H3,(H,31,32)/t23?,26?,29-,30?/m1/s1. The smallest absolute Gasteiger partial charge is 0.170 e. The van der Waals surface area contributed by atoms with Gasteiger partial charge in [-0.2, -0.15) is 0 Å². The molecular weight excluding hydrogens is 452 g/mol. The van der Waals surface area contributed by atoms with Crippen molar-refractivity contribution in [1.29, 1.82) is 0 Å². The molecule has 2 fully saturated rings. The Labute approximate surface area is 211 Å². The van der Waals surface area contributed by atoms with E-state index in [1.165, 1.54) is 18.4 Å². The van der Waals surface area contributed by atoms with Crippen LogP contribution in [0.2, 0.25) is 0 Å². The van der Waals surface area contributed by atoms with E-state index in [0.29, 0.717) is 11.7 Å². The third-order valence-corrected chi connectivity index (χ3v) is 8.50. The van der Waals surface area contributed by atoms with Crippen LogP contribution in [0.3, 0.4) is 0 Å². The maximum absolute atomic E-state index is 7.25. The summed E-state index contributed by atoms with van der Waals surface area (Å²) in [5.41, 5.74) is 2.02. The first-order chi connectivity index (χ1) is 17.6. The zero-order valence-electron chi connectivity index (χ0n) is 20.8. The number of benzene rings is 3. The molecule has 2 heterocycles. The Hall–Kier alpha value is -3.67. The highest BCUT2D eigenvalue weighted by molar-refractivity contribution is 5.91. The summed E-state index contributed by atoms with van der Waals surface area (Å²) < 4.78 is 24.4. The fourth-order valence-corrected chi connectivity index (χ4v) is 6.82. The number of ether oxygens (including phenoxy) is 4. The molecule has 6 nitrogen and oxygen atoms in total. The average molecular weight is 483 g/mol. The average Bonchev–Trinajstić information content (AvgIpc) is 3.58. The molecule has 4 aliphatic rings. The molecule has 6 heteroatoms. The van der Waals surface area contributed by atoms with Gasteiger partial charge in [0.1, 0.15) is 34.4 Å². The fourth-order valence-electron chi connectivity index (χ4n) is 6.82. The van der Waals surface area contributed by atoms with Gasteiger partial charge in [0.2, 0.25) is 0 Å². The molecule has 7 rings (SSSR count). The quantitative estimate of drug-likeness (QED) is 0.526. The molecule has 1 spiro atoms. The van der Waals surface area contributed by atoms with Gasteiger partial charge in [-0.15, -0.1) is 0 Å². The van der Waals surface area contributed by atoms with Gasteiger partial charge >= 0.3 is 0 Å². The molecule has 1 N–H and O–H groups in total. The predicted molar refractivity (Wildman–Crippen MR) is 137 cm³/mol. The molecule has 3 unspecified atom stereocenters. The number of aliphatic imine (C=N–C) groups is 1. The lowest BCUT2D eigenvalue weighted by atomic mass is 9.69.